The Kier molecular flexibility index (Phi) is 8.17. The minimum Gasteiger partial charge on any atom is -0.460 e. The molecule has 2 heterocycles. The second-order valence-electron chi connectivity index (χ2n) is 10.3. The van der Waals surface area contributed by atoms with Gasteiger partial charge in [0.2, 0.25) is 11.8 Å². The molecule has 10 nitrogen and oxygen atoms in total. The highest BCUT2D eigenvalue weighted by molar-refractivity contribution is 6.10. The Morgan fingerprint density at radius 2 is 1.80 bits per heavy atom. The van der Waals surface area contributed by atoms with E-state index < -0.39 is 29.2 Å². The summed E-state index contributed by atoms with van der Waals surface area (Å²) in [7, 11) is 0. The lowest BCUT2D eigenvalue weighted by molar-refractivity contribution is -0.300. The van der Waals surface area contributed by atoms with E-state index >= 15 is 0 Å². The molecule has 1 aromatic carbocycles. The Labute approximate surface area is 205 Å². The van der Waals surface area contributed by atoms with Crippen LogP contribution in [0.25, 0.3) is 0 Å². The fraction of sp³-hybridized carbons (Fsp3) is 0.600. The number of carbonyl (C=O) groups is 4. The molecular formula is C25H35N3O7. The molecule has 3 N–H and O–H groups in total. The van der Waals surface area contributed by atoms with Crippen LogP contribution in [0, 0.1) is 0 Å². The highest BCUT2D eigenvalue weighted by Gasteiger charge is 2.37. The molecule has 3 amide bonds. The number of ether oxygens (including phenoxy) is 3. The monoisotopic (exact) mass is 489 g/mol. The zero-order valence-corrected chi connectivity index (χ0v) is 20.9. The van der Waals surface area contributed by atoms with E-state index in [0.717, 1.165) is 0 Å². The van der Waals surface area contributed by atoms with Crippen molar-refractivity contribution in [1.82, 2.24) is 10.6 Å². The summed E-state index contributed by atoms with van der Waals surface area (Å²) in [6.07, 6.45) is 0.317. The highest BCUT2D eigenvalue weighted by Crippen LogP contribution is 2.30. The van der Waals surface area contributed by atoms with Crippen LogP contribution in [-0.4, -0.2) is 59.9 Å². The molecule has 192 valence electrons. The third kappa shape index (κ3) is 8.03. The summed E-state index contributed by atoms with van der Waals surface area (Å²) in [6, 6.07) is 5.69. The standard InChI is InChI=1S/C25H35N3O7/c1-24(2,3)35-21(30)13-16-12-15(33-25(4,5)34-16)10-11-26-20(29)14-19-23(32)27-18-9-7-6-8-17(18)22(31)28-19/h6-9,15-16,19H,10-14H2,1-5H3,(H,26,29)(H,27,32)(H,28,31)/t15-,16-,19+/m1/s1. The normalized spacial score (nSPS) is 23.9. The molecule has 3 rings (SSSR count). The SMILES string of the molecule is CC(C)(C)OC(=O)C[C@H]1C[C@@H](CCNC(=O)C[C@@H]2NC(=O)c3ccccc3NC2=O)OC(C)(C)O1. The molecular weight excluding hydrogens is 454 g/mol. The number of carbonyl (C=O) groups excluding carboxylic acids is 4. The maximum Gasteiger partial charge on any atom is 0.308 e. The van der Waals surface area contributed by atoms with E-state index in [0.29, 0.717) is 30.6 Å². The maximum atomic E-state index is 12.5. The first-order valence-electron chi connectivity index (χ1n) is 11.9. The lowest BCUT2D eigenvalue weighted by Gasteiger charge is -2.40. The first-order valence-corrected chi connectivity index (χ1v) is 11.9. The Morgan fingerprint density at radius 1 is 1.11 bits per heavy atom. The van der Waals surface area contributed by atoms with Crippen LogP contribution in [0.3, 0.4) is 0 Å². The van der Waals surface area contributed by atoms with E-state index in [2.05, 4.69) is 16.0 Å². The number of hydrogen-bond donors (Lipinski definition) is 3. The lowest BCUT2D eigenvalue weighted by atomic mass is 10.0. The zero-order valence-electron chi connectivity index (χ0n) is 20.9. The van der Waals surface area contributed by atoms with Crippen molar-refractivity contribution < 1.29 is 33.4 Å². The van der Waals surface area contributed by atoms with E-state index in [-0.39, 0.29) is 36.9 Å². The Balaban J connectivity index is 1.47. The average molecular weight is 490 g/mol. The third-order valence-corrected chi connectivity index (χ3v) is 5.47. The number of anilines is 1. The van der Waals surface area contributed by atoms with Gasteiger partial charge in [-0.2, -0.15) is 0 Å². The van der Waals surface area contributed by atoms with Crippen molar-refractivity contribution in [3.63, 3.8) is 0 Å². The number of fused-ring (bicyclic) bond motifs is 1. The summed E-state index contributed by atoms with van der Waals surface area (Å²) >= 11 is 0. The molecule has 35 heavy (non-hydrogen) atoms. The average Bonchev–Trinajstić information content (AvgIpc) is 2.81. The predicted molar refractivity (Wildman–Crippen MR) is 127 cm³/mol. The van der Waals surface area contributed by atoms with Gasteiger partial charge in [-0.15, -0.1) is 0 Å². The van der Waals surface area contributed by atoms with Gasteiger partial charge in [0.05, 0.1) is 36.3 Å². The number of esters is 1. The predicted octanol–water partition coefficient (Wildman–Crippen LogP) is 2.28. The molecule has 3 atom stereocenters. The molecule has 0 aliphatic carbocycles. The molecule has 2 aliphatic heterocycles. The minimum absolute atomic E-state index is 0.117. The molecule has 0 bridgehead atoms. The number of hydrogen-bond acceptors (Lipinski definition) is 7. The van der Waals surface area contributed by atoms with Crippen LogP contribution >= 0.6 is 0 Å². The van der Waals surface area contributed by atoms with E-state index in [4.69, 9.17) is 14.2 Å². The lowest BCUT2D eigenvalue weighted by Crippen LogP contribution is -2.47. The van der Waals surface area contributed by atoms with Crippen molar-refractivity contribution >= 4 is 29.4 Å². The van der Waals surface area contributed by atoms with Crippen LogP contribution in [-0.2, 0) is 28.6 Å². The Morgan fingerprint density at radius 3 is 2.51 bits per heavy atom. The van der Waals surface area contributed by atoms with Crippen LogP contribution in [0.5, 0.6) is 0 Å². The molecule has 10 heteroatoms. The van der Waals surface area contributed by atoms with Gasteiger partial charge >= 0.3 is 5.97 Å². The minimum atomic E-state index is -0.980. The maximum absolute atomic E-state index is 12.5. The quantitative estimate of drug-likeness (QED) is 0.501. The van der Waals surface area contributed by atoms with Crippen LogP contribution in [0.4, 0.5) is 5.69 Å². The van der Waals surface area contributed by atoms with Gasteiger partial charge in [-0.3, -0.25) is 19.2 Å². The van der Waals surface area contributed by atoms with Gasteiger partial charge < -0.3 is 30.2 Å². The van der Waals surface area contributed by atoms with Crippen LogP contribution in [0.2, 0.25) is 0 Å². The van der Waals surface area contributed by atoms with Crippen molar-refractivity contribution in [3.05, 3.63) is 29.8 Å². The van der Waals surface area contributed by atoms with Crippen LogP contribution in [0.1, 0.15) is 70.7 Å². The van der Waals surface area contributed by atoms with Gasteiger partial charge in [0.15, 0.2) is 5.79 Å². The fourth-order valence-electron chi connectivity index (χ4n) is 4.18. The van der Waals surface area contributed by atoms with Crippen LogP contribution < -0.4 is 16.0 Å². The number of para-hydroxylation sites is 1. The number of rotatable bonds is 7. The second kappa shape index (κ2) is 10.7. The topological polar surface area (TPSA) is 132 Å². The van der Waals surface area contributed by atoms with Crippen molar-refractivity contribution in [3.8, 4) is 0 Å². The van der Waals surface area contributed by atoms with Crippen molar-refractivity contribution in [1.29, 1.82) is 0 Å². The van der Waals surface area contributed by atoms with Gasteiger partial charge in [-0.25, -0.2) is 0 Å². The zero-order chi connectivity index (χ0) is 25.8. The number of benzene rings is 1. The van der Waals surface area contributed by atoms with E-state index in [1.165, 1.54) is 0 Å². The number of nitrogens with one attached hydrogen (secondary N) is 3. The third-order valence-electron chi connectivity index (χ3n) is 5.47. The first kappa shape index (κ1) is 26.6. The molecule has 0 spiro atoms. The number of amides is 3. The van der Waals surface area contributed by atoms with Crippen molar-refractivity contribution in [2.45, 2.75) is 89.9 Å². The van der Waals surface area contributed by atoms with Gasteiger partial charge in [-0.1, -0.05) is 12.1 Å². The van der Waals surface area contributed by atoms with E-state index in [1.807, 2.05) is 20.8 Å². The largest absolute Gasteiger partial charge is 0.460 e. The summed E-state index contributed by atoms with van der Waals surface area (Å²) < 4.78 is 17.2. The smallest absolute Gasteiger partial charge is 0.308 e. The molecule has 0 saturated carbocycles. The molecule has 1 saturated heterocycles. The molecule has 1 aromatic rings. The Bertz CT molecular complexity index is 970. The van der Waals surface area contributed by atoms with Crippen molar-refractivity contribution in [2.24, 2.45) is 0 Å². The molecule has 0 radical (unpaired) electrons. The second-order valence-corrected chi connectivity index (χ2v) is 10.3. The summed E-state index contributed by atoms with van der Waals surface area (Å²) in [5.41, 5.74) is 0.194. The summed E-state index contributed by atoms with van der Waals surface area (Å²) in [5.74, 6) is -2.44. The Hall–Kier alpha value is -2.98. The van der Waals surface area contributed by atoms with E-state index in [1.54, 1.807) is 38.1 Å². The summed E-state index contributed by atoms with van der Waals surface area (Å²) in [6.45, 7) is 9.31. The van der Waals surface area contributed by atoms with Crippen molar-refractivity contribution in [2.75, 3.05) is 11.9 Å². The van der Waals surface area contributed by atoms with Gasteiger partial charge in [0, 0.05) is 13.0 Å². The molecule has 2 aliphatic rings. The van der Waals surface area contributed by atoms with Crippen LogP contribution in [0.15, 0.2) is 24.3 Å². The van der Waals surface area contributed by atoms with Gasteiger partial charge in [-0.05, 0) is 53.2 Å². The first-order chi connectivity index (χ1) is 16.3. The highest BCUT2D eigenvalue weighted by atomic mass is 16.7. The summed E-state index contributed by atoms with van der Waals surface area (Å²) in [4.78, 5) is 49.6. The summed E-state index contributed by atoms with van der Waals surface area (Å²) in [5, 5.41) is 8.08. The van der Waals surface area contributed by atoms with Gasteiger partial charge in [0.1, 0.15) is 11.6 Å². The molecule has 1 fully saturated rings. The van der Waals surface area contributed by atoms with E-state index in [9.17, 15) is 19.2 Å². The molecule has 0 unspecified atom stereocenters. The molecule has 0 aromatic heterocycles. The van der Waals surface area contributed by atoms with Gasteiger partial charge in [0.25, 0.3) is 5.91 Å². The fourth-order valence-corrected chi connectivity index (χ4v) is 4.18.